The van der Waals surface area contributed by atoms with Crippen LogP contribution in [0.4, 0.5) is 18.9 Å². The number of para-hydroxylation sites is 1. The van der Waals surface area contributed by atoms with Crippen LogP contribution in [0.2, 0.25) is 5.02 Å². The molecule has 1 aliphatic heterocycles. The van der Waals surface area contributed by atoms with E-state index in [4.69, 9.17) is 11.6 Å². The van der Waals surface area contributed by atoms with Crippen molar-refractivity contribution < 1.29 is 18.0 Å². The van der Waals surface area contributed by atoms with E-state index in [-0.39, 0.29) is 5.02 Å². The third-order valence-corrected chi connectivity index (χ3v) is 3.55. The van der Waals surface area contributed by atoms with Crippen molar-refractivity contribution in [3.05, 3.63) is 28.8 Å². The maximum Gasteiger partial charge on any atom is 0.390 e. The van der Waals surface area contributed by atoms with Crippen molar-refractivity contribution in [2.75, 3.05) is 11.9 Å². The van der Waals surface area contributed by atoms with Gasteiger partial charge in [-0.25, -0.2) is 0 Å². The Bertz CT molecular complexity index is 515. The topological polar surface area (TPSA) is 20.3 Å². The molecule has 1 heterocycles. The Morgan fingerprint density at radius 1 is 1.39 bits per heavy atom. The minimum Gasteiger partial charge on any atom is -0.313 e. The lowest BCUT2D eigenvalue weighted by Crippen LogP contribution is -2.39. The molecule has 0 saturated carbocycles. The fourth-order valence-corrected chi connectivity index (χ4v) is 2.76. The highest BCUT2D eigenvalue weighted by molar-refractivity contribution is 6.35. The molecule has 2 nitrogen and oxygen atoms in total. The Labute approximate surface area is 107 Å². The van der Waals surface area contributed by atoms with Crippen molar-refractivity contribution in [1.29, 1.82) is 0 Å². The van der Waals surface area contributed by atoms with E-state index >= 15 is 0 Å². The molecule has 0 unspecified atom stereocenters. The van der Waals surface area contributed by atoms with Gasteiger partial charge in [-0.1, -0.05) is 23.7 Å². The zero-order valence-corrected chi connectivity index (χ0v) is 10.6. The fourth-order valence-electron chi connectivity index (χ4n) is 2.46. The minimum atomic E-state index is -4.41. The molecule has 2 rings (SSSR count). The van der Waals surface area contributed by atoms with Gasteiger partial charge in [-0.2, -0.15) is 13.2 Å². The number of benzene rings is 1. The standard InChI is InChI=1S/C12H11ClF3NO/c1-11(6-12(14,15)16)7-4-3-5-8(13)9(7)17(2)10(11)18/h3-5H,6H2,1-2H3/t11-/m1/s1. The molecular weight excluding hydrogens is 267 g/mol. The summed E-state index contributed by atoms with van der Waals surface area (Å²) in [4.78, 5) is 13.3. The average molecular weight is 278 g/mol. The van der Waals surface area contributed by atoms with E-state index in [0.717, 1.165) is 0 Å². The van der Waals surface area contributed by atoms with Gasteiger partial charge in [0, 0.05) is 7.05 Å². The van der Waals surface area contributed by atoms with Crippen LogP contribution in [0.5, 0.6) is 0 Å². The number of hydrogen-bond donors (Lipinski definition) is 0. The van der Waals surface area contributed by atoms with Crippen molar-refractivity contribution in [2.45, 2.75) is 24.9 Å². The number of anilines is 1. The molecule has 0 saturated heterocycles. The Morgan fingerprint density at radius 3 is 2.56 bits per heavy atom. The van der Waals surface area contributed by atoms with Crippen LogP contribution in [0, 0.1) is 0 Å². The minimum absolute atomic E-state index is 0.286. The smallest absolute Gasteiger partial charge is 0.313 e. The largest absolute Gasteiger partial charge is 0.390 e. The Hall–Kier alpha value is -1.23. The van der Waals surface area contributed by atoms with Crippen LogP contribution in [-0.2, 0) is 10.2 Å². The second-order valence-corrected chi connectivity index (χ2v) is 5.03. The van der Waals surface area contributed by atoms with Gasteiger partial charge in [-0.3, -0.25) is 4.79 Å². The summed E-state index contributed by atoms with van der Waals surface area (Å²) < 4.78 is 37.9. The fraction of sp³-hybridized carbons (Fsp3) is 0.417. The first-order valence-electron chi connectivity index (χ1n) is 5.31. The summed E-state index contributed by atoms with van der Waals surface area (Å²) in [5.41, 5.74) is -0.886. The molecule has 0 aliphatic carbocycles. The molecule has 0 fully saturated rings. The predicted molar refractivity (Wildman–Crippen MR) is 62.9 cm³/mol. The van der Waals surface area contributed by atoms with Crippen molar-refractivity contribution in [1.82, 2.24) is 0 Å². The number of halogens is 4. The highest BCUT2D eigenvalue weighted by Gasteiger charge is 2.52. The third kappa shape index (κ3) is 1.86. The van der Waals surface area contributed by atoms with Crippen molar-refractivity contribution >= 4 is 23.2 Å². The first-order chi connectivity index (χ1) is 8.17. The van der Waals surface area contributed by atoms with Crippen LogP contribution in [0.3, 0.4) is 0 Å². The van der Waals surface area contributed by atoms with Crippen LogP contribution in [-0.4, -0.2) is 19.1 Å². The van der Waals surface area contributed by atoms with Crippen LogP contribution in [0.1, 0.15) is 18.9 Å². The summed E-state index contributed by atoms with van der Waals surface area (Å²) >= 11 is 5.95. The molecule has 0 radical (unpaired) electrons. The zero-order valence-electron chi connectivity index (χ0n) is 9.81. The van der Waals surface area contributed by atoms with E-state index in [1.807, 2.05) is 0 Å². The van der Waals surface area contributed by atoms with Crippen molar-refractivity contribution in [3.63, 3.8) is 0 Å². The summed E-state index contributed by atoms with van der Waals surface area (Å²) in [5.74, 6) is -0.581. The van der Waals surface area contributed by atoms with E-state index in [9.17, 15) is 18.0 Å². The van der Waals surface area contributed by atoms with Gasteiger partial charge in [0.2, 0.25) is 5.91 Å². The maximum atomic E-state index is 12.6. The Balaban J connectivity index is 2.59. The molecular formula is C12H11ClF3NO. The number of amides is 1. The van der Waals surface area contributed by atoms with Crippen LogP contribution in [0.25, 0.3) is 0 Å². The van der Waals surface area contributed by atoms with Gasteiger partial charge < -0.3 is 4.90 Å². The summed E-state index contributed by atoms with van der Waals surface area (Å²) in [6.45, 7) is 1.31. The Kier molecular flexibility index (Phi) is 2.85. The van der Waals surface area contributed by atoms with Crippen molar-refractivity contribution in [2.24, 2.45) is 0 Å². The molecule has 0 spiro atoms. The quantitative estimate of drug-likeness (QED) is 0.769. The van der Waals surface area contributed by atoms with E-state index in [1.165, 1.54) is 24.9 Å². The highest BCUT2D eigenvalue weighted by atomic mass is 35.5. The Morgan fingerprint density at radius 2 is 2.00 bits per heavy atom. The van der Waals surface area contributed by atoms with Gasteiger partial charge in [0.1, 0.15) is 0 Å². The summed E-state index contributed by atoms with van der Waals surface area (Å²) in [6, 6.07) is 4.64. The monoisotopic (exact) mass is 277 g/mol. The molecule has 0 N–H and O–H groups in total. The number of fused-ring (bicyclic) bond motifs is 1. The van der Waals surface area contributed by atoms with E-state index < -0.39 is 23.9 Å². The molecule has 1 atom stereocenters. The first-order valence-corrected chi connectivity index (χ1v) is 5.68. The van der Waals surface area contributed by atoms with Gasteiger partial charge >= 0.3 is 6.18 Å². The number of hydrogen-bond acceptors (Lipinski definition) is 1. The normalized spacial score (nSPS) is 23.4. The molecule has 6 heteroatoms. The lowest BCUT2D eigenvalue weighted by molar-refractivity contribution is -0.154. The number of carbonyl (C=O) groups excluding carboxylic acids is 1. The van der Waals surface area contributed by atoms with Gasteiger partial charge in [0.15, 0.2) is 0 Å². The second-order valence-electron chi connectivity index (χ2n) is 4.62. The van der Waals surface area contributed by atoms with Crippen LogP contribution < -0.4 is 4.90 Å². The van der Waals surface area contributed by atoms with Gasteiger partial charge in [0.05, 0.1) is 22.5 Å². The van der Waals surface area contributed by atoms with E-state index in [0.29, 0.717) is 11.3 Å². The molecule has 0 bridgehead atoms. The van der Waals surface area contributed by atoms with Crippen LogP contribution >= 0.6 is 11.6 Å². The first kappa shape index (κ1) is 13.2. The number of likely N-dealkylation sites (N-methyl/N-ethyl adjacent to an activating group) is 1. The molecule has 1 aromatic carbocycles. The zero-order chi connectivity index (χ0) is 13.7. The van der Waals surface area contributed by atoms with E-state index in [2.05, 4.69) is 0 Å². The summed E-state index contributed by atoms with van der Waals surface area (Å²) in [6.07, 6.45) is -5.59. The highest BCUT2D eigenvalue weighted by Crippen LogP contribution is 2.49. The van der Waals surface area contributed by atoms with E-state index in [1.54, 1.807) is 12.1 Å². The second kappa shape index (κ2) is 3.88. The number of rotatable bonds is 1. The molecule has 1 aromatic rings. The average Bonchev–Trinajstić information content (AvgIpc) is 2.40. The SMILES string of the molecule is CN1C(=O)[C@](C)(CC(F)(F)F)c2cccc(Cl)c21. The lowest BCUT2D eigenvalue weighted by Gasteiger charge is -2.24. The number of nitrogens with zero attached hydrogens (tertiary/aromatic N) is 1. The number of carbonyl (C=O) groups is 1. The third-order valence-electron chi connectivity index (χ3n) is 3.25. The maximum absolute atomic E-state index is 12.6. The summed E-state index contributed by atoms with van der Waals surface area (Å²) in [7, 11) is 1.44. The van der Waals surface area contributed by atoms with Crippen LogP contribution in [0.15, 0.2) is 18.2 Å². The van der Waals surface area contributed by atoms with Gasteiger partial charge in [-0.15, -0.1) is 0 Å². The molecule has 1 amide bonds. The molecule has 1 aliphatic rings. The summed E-state index contributed by atoms with van der Waals surface area (Å²) in [5, 5.41) is 0.286. The lowest BCUT2D eigenvalue weighted by atomic mass is 9.80. The molecule has 0 aromatic heterocycles. The van der Waals surface area contributed by atoms with Gasteiger partial charge in [0.25, 0.3) is 0 Å². The molecule has 98 valence electrons. The predicted octanol–water partition coefficient (Wildman–Crippen LogP) is 3.53. The van der Waals surface area contributed by atoms with Gasteiger partial charge in [-0.05, 0) is 18.6 Å². The number of alkyl halides is 3. The molecule has 18 heavy (non-hydrogen) atoms. The van der Waals surface area contributed by atoms with Crippen molar-refractivity contribution in [3.8, 4) is 0 Å².